The summed E-state index contributed by atoms with van der Waals surface area (Å²) in [4.78, 5) is 14.9. The summed E-state index contributed by atoms with van der Waals surface area (Å²) in [6.07, 6.45) is 5.88. The van der Waals surface area contributed by atoms with Gasteiger partial charge in [-0.15, -0.1) is 0 Å². The van der Waals surface area contributed by atoms with Gasteiger partial charge in [0.25, 0.3) is 0 Å². The van der Waals surface area contributed by atoms with Crippen LogP contribution < -0.4 is 4.31 Å². The smallest absolute Gasteiger partial charge is 0.246 e. The van der Waals surface area contributed by atoms with Crippen LogP contribution in [0.4, 0.5) is 5.69 Å². The van der Waals surface area contributed by atoms with Crippen molar-refractivity contribution in [3.8, 4) is 0 Å². The second-order valence-electron chi connectivity index (χ2n) is 7.14. The van der Waals surface area contributed by atoms with Crippen molar-refractivity contribution in [2.45, 2.75) is 65.0 Å². The van der Waals surface area contributed by atoms with E-state index in [0.717, 1.165) is 36.8 Å². The van der Waals surface area contributed by atoms with Crippen LogP contribution in [-0.2, 0) is 14.8 Å². The first-order valence-electron chi connectivity index (χ1n) is 9.00. The topological polar surface area (TPSA) is 57.7 Å². The number of hydrogen-bond acceptors (Lipinski definition) is 3. The Hall–Kier alpha value is -1.56. The van der Waals surface area contributed by atoms with Crippen molar-refractivity contribution in [1.82, 2.24) is 4.90 Å². The van der Waals surface area contributed by atoms with Crippen LogP contribution in [0.15, 0.2) is 18.2 Å². The van der Waals surface area contributed by atoms with E-state index in [4.69, 9.17) is 0 Å². The number of likely N-dealkylation sites (N-methyl/N-ethyl adjacent to an activating group) is 1. The fraction of sp³-hybridized carbons (Fsp3) is 0.632. The molecule has 1 aromatic rings. The molecule has 6 heteroatoms. The van der Waals surface area contributed by atoms with Gasteiger partial charge in [-0.3, -0.25) is 9.10 Å². The zero-order chi connectivity index (χ0) is 18.8. The van der Waals surface area contributed by atoms with Crippen molar-refractivity contribution in [3.05, 3.63) is 29.3 Å². The lowest BCUT2D eigenvalue weighted by Crippen LogP contribution is -2.51. The number of hydrogen-bond donors (Lipinski definition) is 0. The van der Waals surface area contributed by atoms with Crippen LogP contribution >= 0.6 is 0 Å². The predicted molar refractivity (Wildman–Crippen MR) is 102 cm³/mol. The van der Waals surface area contributed by atoms with Crippen molar-refractivity contribution in [2.75, 3.05) is 17.6 Å². The Bertz CT molecular complexity index is 724. The average molecular weight is 367 g/mol. The first kappa shape index (κ1) is 19.8. The standard InChI is InChI=1S/C19H30N2O3S/c1-6-18(19(22)20(4)16-9-7-8-10-16)21(25(5,23)24)17-12-11-14(2)15(3)13-17/h11-13,16,18H,6-10H2,1-5H3. The lowest BCUT2D eigenvalue weighted by atomic mass is 10.1. The Balaban J connectivity index is 2.40. The third-order valence-corrected chi connectivity index (χ3v) is 6.46. The second kappa shape index (κ2) is 7.77. The Morgan fingerprint density at radius 1 is 1.20 bits per heavy atom. The van der Waals surface area contributed by atoms with Crippen molar-refractivity contribution in [1.29, 1.82) is 0 Å². The van der Waals surface area contributed by atoms with Gasteiger partial charge in [0.15, 0.2) is 0 Å². The van der Waals surface area contributed by atoms with Gasteiger partial charge in [0, 0.05) is 13.1 Å². The number of anilines is 1. The highest BCUT2D eigenvalue weighted by Gasteiger charge is 2.35. The van der Waals surface area contributed by atoms with E-state index in [9.17, 15) is 13.2 Å². The molecule has 25 heavy (non-hydrogen) atoms. The third kappa shape index (κ3) is 4.35. The molecule has 0 aromatic heterocycles. The molecule has 0 heterocycles. The summed E-state index contributed by atoms with van der Waals surface area (Å²) in [7, 11) is -1.77. The molecular formula is C19H30N2O3S. The minimum absolute atomic E-state index is 0.113. The number of aryl methyl sites for hydroxylation is 2. The molecule has 1 atom stereocenters. The molecular weight excluding hydrogens is 336 g/mol. The highest BCUT2D eigenvalue weighted by molar-refractivity contribution is 7.92. The number of carbonyl (C=O) groups excluding carboxylic acids is 1. The van der Waals surface area contributed by atoms with Crippen molar-refractivity contribution >= 4 is 21.6 Å². The molecule has 1 fully saturated rings. The molecule has 1 amide bonds. The number of benzene rings is 1. The van der Waals surface area contributed by atoms with Crippen molar-refractivity contribution in [3.63, 3.8) is 0 Å². The molecule has 1 unspecified atom stereocenters. The monoisotopic (exact) mass is 366 g/mol. The van der Waals surface area contributed by atoms with Gasteiger partial charge in [-0.25, -0.2) is 8.42 Å². The van der Waals surface area contributed by atoms with Crippen LogP contribution in [0.3, 0.4) is 0 Å². The van der Waals surface area contributed by atoms with Gasteiger partial charge in [-0.1, -0.05) is 25.8 Å². The highest BCUT2D eigenvalue weighted by Crippen LogP contribution is 2.28. The Morgan fingerprint density at radius 3 is 2.28 bits per heavy atom. The molecule has 140 valence electrons. The summed E-state index contributed by atoms with van der Waals surface area (Å²) in [6.45, 7) is 5.80. The molecule has 0 aliphatic heterocycles. The Labute approximate surface area is 152 Å². The largest absolute Gasteiger partial charge is 0.341 e. The summed E-state index contributed by atoms with van der Waals surface area (Å²) >= 11 is 0. The van der Waals surface area contributed by atoms with Crippen LogP contribution in [0.1, 0.15) is 50.2 Å². The fourth-order valence-electron chi connectivity index (χ4n) is 3.61. The maximum absolute atomic E-state index is 13.1. The summed E-state index contributed by atoms with van der Waals surface area (Å²) in [5, 5.41) is 0. The van der Waals surface area contributed by atoms with E-state index in [1.165, 1.54) is 10.6 Å². The Morgan fingerprint density at radius 2 is 1.80 bits per heavy atom. The number of rotatable bonds is 6. The lowest BCUT2D eigenvalue weighted by molar-refractivity contribution is -0.133. The van der Waals surface area contributed by atoms with Gasteiger partial charge in [-0.2, -0.15) is 0 Å². The lowest BCUT2D eigenvalue weighted by Gasteiger charge is -2.35. The van der Waals surface area contributed by atoms with Crippen LogP contribution in [0.2, 0.25) is 0 Å². The molecule has 5 nitrogen and oxygen atoms in total. The predicted octanol–water partition coefficient (Wildman–Crippen LogP) is 3.25. The maximum atomic E-state index is 13.1. The summed E-state index contributed by atoms with van der Waals surface area (Å²) < 4.78 is 26.4. The van der Waals surface area contributed by atoms with Gasteiger partial charge >= 0.3 is 0 Å². The van der Waals surface area contributed by atoms with Crippen LogP contribution in [-0.4, -0.2) is 44.6 Å². The molecule has 0 saturated heterocycles. The van der Waals surface area contributed by atoms with Crippen LogP contribution in [0.25, 0.3) is 0 Å². The normalized spacial score (nSPS) is 16.7. The molecule has 1 aliphatic rings. The minimum atomic E-state index is -3.58. The van der Waals surface area contributed by atoms with Crippen molar-refractivity contribution < 1.29 is 13.2 Å². The third-order valence-electron chi connectivity index (χ3n) is 5.28. The summed E-state index contributed by atoms with van der Waals surface area (Å²) in [5.41, 5.74) is 2.67. The zero-order valence-electron chi connectivity index (χ0n) is 15.9. The highest BCUT2D eigenvalue weighted by atomic mass is 32.2. The minimum Gasteiger partial charge on any atom is -0.341 e. The summed E-state index contributed by atoms with van der Waals surface area (Å²) in [6, 6.07) is 5.06. The van der Waals surface area contributed by atoms with Gasteiger partial charge in [-0.05, 0) is 56.4 Å². The zero-order valence-corrected chi connectivity index (χ0v) is 16.8. The average Bonchev–Trinajstić information content (AvgIpc) is 3.07. The number of carbonyl (C=O) groups is 1. The van der Waals surface area contributed by atoms with Gasteiger partial charge in [0.2, 0.25) is 15.9 Å². The molecule has 0 radical (unpaired) electrons. The van der Waals surface area contributed by atoms with E-state index in [1.807, 2.05) is 40.0 Å². The van der Waals surface area contributed by atoms with Gasteiger partial charge in [0.1, 0.15) is 6.04 Å². The quantitative estimate of drug-likeness (QED) is 0.776. The fourth-order valence-corrected chi connectivity index (χ4v) is 4.81. The first-order chi connectivity index (χ1) is 11.7. The SMILES string of the molecule is CCC(C(=O)N(C)C1CCCC1)N(c1ccc(C)c(C)c1)S(C)(=O)=O. The molecule has 1 aliphatic carbocycles. The van der Waals surface area contributed by atoms with E-state index in [2.05, 4.69) is 0 Å². The molecule has 0 N–H and O–H groups in total. The van der Waals surface area contributed by atoms with E-state index in [0.29, 0.717) is 12.1 Å². The summed E-state index contributed by atoms with van der Waals surface area (Å²) in [5.74, 6) is -0.113. The first-order valence-corrected chi connectivity index (χ1v) is 10.8. The van der Waals surface area contributed by atoms with Crippen molar-refractivity contribution in [2.24, 2.45) is 0 Å². The van der Waals surface area contributed by atoms with E-state index < -0.39 is 16.1 Å². The number of nitrogens with zero attached hydrogens (tertiary/aromatic N) is 2. The second-order valence-corrected chi connectivity index (χ2v) is 9.00. The van der Waals surface area contributed by atoms with Crippen LogP contribution in [0, 0.1) is 13.8 Å². The number of sulfonamides is 1. The molecule has 2 rings (SSSR count). The van der Waals surface area contributed by atoms with Gasteiger partial charge in [0.05, 0.1) is 11.9 Å². The van der Waals surface area contributed by atoms with Gasteiger partial charge < -0.3 is 4.90 Å². The van der Waals surface area contributed by atoms with E-state index in [-0.39, 0.29) is 11.9 Å². The van der Waals surface area contributed by atoms with E-state index >= 15 is 0 Å². The van der Waals surface area contributed by atoms with Crippen LogP contribution in [0.5, 0.6) is 0 Å². The van der Waals surface area contributed by atoms with E-state index in [1.54, 1.807) is 11.0 Å². The maximum Gasteiger partial charge on any atom is 0.246 e. The Kier molecular flexibility index (Phi) is 6.14. The molecule has 0 spiro atoms. The molecule has 1 aromatic carbocycles. The molecule has 1 saturated carbocycles. The number of amides is 1. The molecule has 0 bridgehead atoms.